The van der Waals surface area contributed by atoms with E-state index in [1.54, 1.807) is 18.3 Å². The molecule has 0 amide bonds. The molecule has 6 heteroatoms. The molecule has 1 saturated heterocycles. The van der Waals surface area contributed by atoms with Crippen LogP contribution in [0.3, 0.4) is 0 Å². The van der Waals surface area contributed by atoms with Gasteiger partial charge in [-0.3, -0.25) is 0 Å². The molecule has 1 aliphatic heterocycles. The van der Waals surface area contributed by atoms with Crippen molar-refractivity contribution < 1.29 is 14.6 Å². The Morgan fingerprint density at radius 1 is 1.50 bits per heavy atom. The Morgan fingerprint density at radius 2 is 2.17 bits per heavy atom. The van der Waals surface area contributed by atoms with Crippen molar-refractivity contribution in [2.45, 2.75) is 18.9 Å². The Bertz CT molecular complexity index is 406. The number of rotatable bonds is 2. The van der Waals surface area contributed by atoms with Crippen LogP contribution in [0.5, 0.6) is 0 Å². The first-order valence-electron chi connectivity index (χ1n) is 5.68. The molecule has 100 valence electrons. The first-order valence-corrected chi connectivity index (χ1v) is 5.68. The monoisotopic (exact) mass is 272 g/mol. The number of hydrogen-bond donors (Lipinski definition) is 1. The van der Waals surface area contributed by atoms with Crippen molar-refractivity contribution in [3.63, 3.8) is 0 Å². The summed E-state index contributed by atoms with van der Waals surface area (Å²) in [5, 5.41) is 9.46. The number of esters is 1. The van der Waals surface area contributed by atoms with Gasteiger partial charge in [0.05, 0.1) is 13.2 Å². The zero-order valence-corrected chi connectivity index (χ0v) is 11.0. The van der Waals surface area contributed by atoms with Gasteiger partial charge in [-0.25, -0.2) is 9.78 Å². The molecule has 1 aromatic rings. The molecule has 1 fully saturated rings. The summed E-state index contributed by atoms with van der Waals surface area (Å²) in [4.78, 5) is 17.9. The lowest BCUT2D eigenvalue weighted by molar-refractivity contribution is 0.0601. The summed E-state index contributed by atoms with van der Waals surface area (Å²) < 4.78 is 4.73. The third kappa shape index (κ3) is 3.11. The van der Waals surface area contributed by atoms with Crippen LogP contribution in [-0.4, -0.2) is 42.4 Å². The van der Waals surface area contributed by atoms with Gasteiger partial charge in [-0.2, -0.15) is 0 Å². The maximum absolute atomic E-state index is 11.6. The van der Waals surface area contributed by atoms with Crippen LogP contribution in [0, 0.1) is 0 Å². The topological polar surface area (TPSA) is 62.7 Å². The van der Waals surface area contributed by atoms with Crippen molar-refractivity contribution in [2.24, 2.45) is 0 Å². The van der Waals surface area contributed by atoms with Crippen LogP contribution in [0.1, 0.15) is 23.2 Å². The predicted molar refractivity (Wildman–Crippen MR) is 70.3 cm³/mol. The van der Waals surface area contributed by atoms with Gasteiger partial charge in [0.2, 0.25) is 0 Å². The van der Waals surface area contributed by atoms with Gasteiger partial charge in [0, 0.05) is 19.3 Å². The first-order chi connectivity index (χ1) is 8.22. The third-order valence-corrected chi connectivity index (χ3v) is 2.96. The van der Waals surface area contributed by atoms with E-state index in [-0.39, 0.29) is 24.5 Å². The minimum absolute atomic E-state index is 0. The molecule has 0 aromatic carbocycles. The van der Waals surface area contributed by atoms with Gasteiger partial charge in [-0.15, -0.1) is 12.4 Å². The molecule has 0 unspecified atom stereocenters. The highest BCUT2D eigenvalue weighted by Crippen LogP contribution is 2.22. The van der Waals surface area contributed by atoms with Gasteiger partial charge in [-0.05, 0) is 25.0 Å². The fraction of sp³-hybridized carbons (Fsp3) is 0.500. The zero-order chi connectivity index (χ0) is 12.3. The molecule has 1 N–H and O–H groups in total. The number of aliphatic hydroxyl groups is 1. The lowest BCUT2D eigenvalue weighted by atomic mass is 10.1. The number of nitrogens with zero attached hydrogens (tertiary/aromatic N) is 2. The van der Waals surface area contributed by atoms with Crippen LogP contribution < -0.4 is 4.90 Å². The van der Waals surface area contributed by atoms with E-state index in [1.807, 2.05) is 4.90 Å². The molecule has 18 heavy (non-hydrogen) atoms. The number of pyridine rings is 1. The third-order valence-electron chi connectivity index (χ3n) is 2.96. The van der Waals surface area contributed by atoms with E-state index in [2.05, 4.69) is 4.98 Å². The Hall–Kier alpha value is -1.33. The number of ether oxygens (including phenoxy) is 1. The summed E-state index contributed by atoms with van der Waals surface area (Å²) in [7, 11) is 1.36. The second-order valence-electron chi connectivity index (χ2n) is 4.08. The molecular weight excluding hydrogens is 256 g/mol. The quantitative estimate of drug-likeness (QED) is 0.821. The van der Waals surface area contributed by atoms with Gasteiger partial charge in [0.25, 0.3) is 0 Å². The molecule has 0 aliphatic carbocycles. The fourth-order valence-electron chi connectivity index (χ4n) is 2.00. The Balaban J connectivity index is 0.00000162. The zero-order valence-electron chi connectivity index (χ0n) is 10.2. The van der Waals surface area contributed by atoms with E-state index in [0.29, 0.717) is 37.3 Å². The van der Waals surface area contributed by atoms with Gasteiger partial charge in [-0.1, -0.05) is 0 Å². The predicted octanol–water partition coefficient (Wildman–Crippen LogP) is 1.25. The number of aromatic nitrogens is 1. The van der Waals surface area contributed by atoms with Crippen molar-refractivity contribution in [1.82, 2.24) is 4.98 Å². The molecule has 2 heterocycles. The van der Waals surface area contributed by atoms with E-state index in [9.17, 15) is 9.90 Å². The Labute approximate surface area is 112 Å². The maximum Gasteiger partial charge on any atom is 0.341 e. The summed E-state index contributed by atoms with van der Waals surface area (Å²) >= 11 is 0. The number of hydrogen-bond acceptors (Lipinski definition) is 5. The Kier molecular flexibility index (Phi) is 5.37. The molecule has 1 aliphatic rings. The Morgan fingerprint density at radius 3 is 2.78 bits per heavy atom. The van der Waals surface area contributed by atoms with Crippen LogP contribution in [0.25, 0.3) is 0 Å². The van der Waals surface area contributed by atoms with Crippen LogP contribution in [0.15, 0.2) is 18.3 Å². The molecule has 0 spiro atoms. The van der Waals surface area contributed by atoms with Crippen LogP contribution in [-0.2, 0) is 4.74 Å². The summed E-state index contributed by atoms with van der Waals surface area (Å²) in [6, 6.07) is 3.42. The van der Waals surface area contributed by atoms with Crippen LogP contribution in [0.2, 0.25) is 0 Å². The first kappa shape index (κ1) is 14.7. The number of carbonyl (C=O) groups is 1. The molecular formula is C12H17ClN2O3. The molecule has 5 nitrogen and oxygen atoms in total. The molecule has 0 radical (unpaired) electrons. The van der Waals surface area contributed by atoms with Crippen molar-refractivity contribution in [1.29, 1.82) is 0 Å². The lowest BCUT2D eigenvalue weighted by Crippen LogP contribution is -2.37. The van der Waals surface area contributed by atoms with E-state index in [4.69, 9.17) is 4.74 Å². The number of anilines is 1. The molecule has 0 bridgehead atoms. The van der Waals surface area contributed by atoms with Crippen molar-refractivity contribution in [3.05, 3.63) is 23.9 Å². The summed E-state index contributed by atoms with van der Waals surface area (Å²) in [5.41, 5.74) is 0.478. The second-order valence-corrected chi connectivity index (χ2v) is 4.08. The second kappa shape index (κ2) is 6.56. The van der Waals surface area contributed by atoms with Crippen molar-refractivity contribution >= 4 is 24.2 Å². The van der Waals surface area contributed by atoms with Gasteiger partial charge in [0.1, 0.15) is 11.4 Å². The minimum atomic E-state index is -0.376. The molecule has 0 saturated carbocycles. The minimum Gasteiger partial charge on any atom is -0.465 e. The lowest BCUT2D eigenvalue weighted by Gasteiger charge is -2.31. The van der Waals surface area contributed by atoms with E-state index in [1.165, 1.54) is 7.11 Å². The number of carbonyl (C=O) groups excluding carboxylic acids is 1. The standard InChI is InChI=1S/C12H16N2O3.ClH/c1-17-12(16)10-3-2-6-13-11(10)14-7-4-9(15)5-8-14;/h2-3,6,9,15H,4-5,7-8H2,1H3;1H. The van der Waals surface area contributed by atoms with Gasteiger partial charge in [0.15, 0.2) is 0 Å². The van der Waals surface area contributed by atoms with Crippen molar-refractivity contribution in [3.8, 4) is 0 Å². The highest BCUT2D eigenvalue weighted by Gasteiger charge is 2.22. The van der Waals surface area contributed by atoms with Gasteiger partial charge < -0.3 is 14.7 Å². The normalized spacial score (nSPS) is 16.0. The number of piperidine rings is 1. The summed E-state index contributed by atoms with van der Waals surface area (Å²) in [5.74, 6) is 0.269. The summed E-state index contributed by atoms with van der Waals surface area (Å²) in [6.45, 7) is 1.42. The van der Waals surface area contributed by atoms with Crippen LogP contribution in [0.4, 0.5) is 5.82 Å². The van der Waals surface area contributed by atoms with Crippen LogP contribution >= 0.6 is 12.4 Å². The average molecular weight is 273 g/mol. The van der Waals surface area contributed by atoms with Crippen molar-refractivity contribution in [2.75, 3.05) is 25.1 Å². The van der Waals surface area contributed by atoms with E-state index >= 15 is 0 Å². The summed E-state index contributed by atoms with van der Waals surface area (Å²) in [6.07, 6.45) is 2.83. The number of halogens is 1. The number of aliphatic hydroxyl groups excluding tert-OH is 1. The van der Waals surface area contributed by atoms with E-state index in [0.717, 1.165) is 0 Å². The van der Waals surface area contributed by atoms with E-state index < -0.39 is 0 Å². The highest BCUT2D eigenvalue weighted by molar-refractivity contribution is 5.94. The number of methoxy groups -OCH3 is 1. The molecule has 2 rings (SSSR count). The maximum atomic E-state index is 11.6. The average Bonchev–Trinajstić information content (AvgIpc) is 2.39. The smallest absolute Gasteiger partial charge is 0.341 e. The SMILES string of the molecule is COC(=O)c1cccnc1N1CCC(O)CC1.Cl. The largest absolute Gasteiger partial charge is 0.465 e. The van der Waals surface area contributed by atoms with Gasteiger partial charge >= 0.3 is 5.97 Å². The molecule has 1 aromatic heterocycles. The molecule has 0 atom stereocenters. The highest BCUT2D eigenvalue weighted by atomic mass is 35.5. The fourth-order valence-corrected chi connectivity index (χ4v) is 2.00.